The Morgan fingerprint density at radius 3 is 2.85 bits per heavy atom. The summed E-state index contributed by atoms with van der Waals surface area (Å²) in [4.78, 5) is 26.5. The molecule has 1 atom stereocenters. The first kappa shape index (κ1) is 17.4. The fraction of sp³-hybridized carbons (Fsp3) is 0.444. The molecule has 1 aliphatic heterocycles. The van der Waals surface area contributed by atoms with E-state index in [2.05, 4.69) is 15.5 Å². The van der Waals surface area contributed by atoms with Crippen LogP contribution in [0.15, 0.2) is 24.3 Å². The third-order valence-electron chi connectivity index (χ3n) is 5.03. The smallest absolute Gasteiger partial charge is 0.231 e. The number of benzene rings is 1. The van der Waals surface area contributed by atoms with Gasteiger partial charge in [-0.05, 0) is 24.5 Å². The Balaban J connectivity index is 1.36. The van der Waals surface area contributed by atoms with Gasteiger partial charge in [-0.15, -0.1) is 10.2 Å². The summed E-state index contributed by atoms with van der Waals surface area (Å²) in [6.07, 6.45) is 3.75. The van der Waals surface area contributed by atoms with E-state index in [1.165, 1.54) is 17.8 Å². The molecular weight excluding hydrogens is 372 g/mol. The lowest BCUT2D eigenvalue weighted by atomic mass is 9.86. The zero-order chi connectivity index (χ0) is 18.1. The van der Waals surface area contributed by atoms with Crippen LogP contribution in [0.5, 0.6) is 0 Å². The van der Waals surface area contributed by atoms with Gasteiger partial charge in [-0.2, -0.15) is 0 Å². The Labute approximate surface area is 160 Å². The lowest BCUT2D eigenvalue weighted by Gasteiger charge is -2.21. The number of nitrogens with zero attached hydrogens (tertiary/aromatic N) is 3. The quantitative estimate of drug-likeness (QED) is 0.848. The molecule has 2 aromatic rings. The van der Waals surface area contributed by atoms with E-state index in [9.17, 15) is 9.59 Å². The van der Waals surface area contributed by atoms with Crippen LogP contribution in [-0.4, -0.2) is 33.5 Å². The highest BCUT2D eigenvalue weighted by atomic mass is 35.5. The molecule has 1 N–H and O–H groups in total. The number of nitrogens with one attached hydrogen (secondary N) is 1. The number of hydrogen-bond donors (Lipinski definition) is 1. The molecule has 2 aliphatic rings. The number of rotatable bonds is 5. The van der Waals surface area contributed by atoms with Gasteiger partial charge in [-0.1, -0.05) is 47.6 Å². The van der Waals surface area contributed by atoms with E-state index in [-0.39, 0.29) is 24.2 Å². The normalized spacial score (nSPS) is 20.3. The molecule has 2 fully saturated rings. The maximum atomic E-state index is 12.5. The molecule has 1 saturated carbocycles. The first-order valence-electron chi connectivity index (χ1n) is 8.75. The summed E-state index contributed by atoms with van der Waals surface area (Å²) >= 11 is 7.61. The summed E-state index contributed by atoms with van der Waals surface area (Å²) in [5, 5.41) is 13.2. The second kappa shape index (κ2) is 7.32. The molecule has 8 heteroatoms. The topological polar surface area (TPSA) is 75.2 Å². The van der Waals surface area contributed by atoms with Gasteiger partial charge in [0.1, 0.15) is 5.01 Å². The van der Waals surface area contributed by atoms with Crippen LogP contribution in [0.25, 0.3) is 0 Å². The summed E-state index contributed by atoms with van der Waals surface area (Å²) in [5.41, 5.74) is 0.887. The van der Waals surface area contributed by atoms with Gasteiger partial charge in [-0.3, -0.25) is 9.59 Å². The SMILES string of the molecule is O=C(Nc1nnc(C2CCC2)s1)[C@@H]1CC(=O)N(Cc2ccccc2Cl)C1. The first-order valence-corrected chi connectivity index (χ1v) is 9.95. The summed E-state index contributed by atoms with van der Waals surface area (Å²) in [6, 6.07) is 7.44. The average molecular weight is 391 g/mol. The summed E-state index contributed by atoms with van der Waals surface area (Å²) < 4.78 is 0. The Hall–Kier alpha value is -1.99. The molecule has 2 heterocycles. The highest BCUT2D eigenvalue weighted by Crippen LogP contribution is 2.38. The van der Waals surface area contributed by atoms with Gasteiger partial charge in [0.25, 0.3) is 0 Å². The van der Waals surface area contributed by atoms with E-state index >= 15 is 0 Å². The van der Waals surface area contributed by atoms with Crippen molar-refractivity contribution < 1.29 is 9.59 Å². The van der Waals surface area contributed by atoms with Crippen molar-refractivity contribution in [1.82, 2.24) is 15.1 Å². The molecule has 6 nitrogen and oxygen atoms in total. The van der Waals surface area contributed by atoms with E-state index in [0.717, 1.165) is 23.4 Å². The zero-order valence-corrected chi connectivity index (χ0v) is 15.7. The molecule has 1 aromatic heterocycles. The molecule has 136 valence electrons. The highest BCUT2D eigenvalue weighted by Gasteiger charge is 2.35. The minimum Gasteiger partial charge on any atom is -0.337 e. The Bertz CT molecular complexity index is 836. The predicted octanol–water partition coefficient (Wildman–Crippen LogP) is 3.45. The van der Waals surface area contributed by atoms with E-state index in [1.807, 2.05) is 18.2 Å². The van der Waals surface area contributed by atoms with E-state index in [4.69, 9.17) is 11.6 Å². The Morgan fingerprint density at radius 2 is 2.12 bits per heavy atom. The van der Waals surface area contributed by atoms with Crippen molar-refractivity contribution in [2.75, 3.05) is 11.9 Å². The Kier molecular flexibility index (Phi) is 4.91. The van der Waals surface area contributed by atoms with Crippen molar-refractivity contribution in [3.05, 3.63) is 39.9 Å². The first-order chi connectivity index (χ1) is 12.6. The second-order valence-corrected chi connectivity index (χ2v) is 8.25. The lowest BCUT2D eigenvalue weighted by Crippen LogP contribution is -2.28. The van der Waals surface area contributed by atoms with Gasteiger partial charge in [0.15, 0.2) is 0 Å². The molecule has 1 aliphatic carbocycles. The van der Waals surface area contributed by atoms with Gasteiger partial charge >= 0.3 is 0 Å². The number of halogens is 1. The standard InChI is InChI=1S/C18H19ClN4O2S/c19-14-7-2-1-4-12(14)9-23-10-13(8-15(23)24)16(25)20-18-22-21-17(26-18)11-5-3-6-11/h1-2,4,7,11,13H,3,5-6,8-10H2,(H,20,22,25)/t13-/m1/s1. The largest absolute Gasteiger partial charge is 0.337 e. The van der Waals surface area contributed by atoms with Crippen molar-refractivity contribution in [3.63, 3.8) is 0 Å². The van der Waals surface area contributed by atoms with Crippen LogP contribution in [0.3, 0.4) is 0 Å². The number of carbonyl (C=O) groups excluding carboxylic acids is 2. The Morgan fingerprint density at radius 1 is 1.31 bits per heavy atom. The maximum Gasteiger partial charge on any atom is 0.231 e. The van der Waals surface area contributed by atoms with E-state index in [0.29, 0.717) is 29.2 Å². The molecule has 0 spiro atoms. The summed E-state index contributed by atoms with van der Waals surface area (Å²) in [6.45, 7) is 0.817. The van der Waals surface area contributed by atoms with Gasteiger partial charge in [0, 0.05) is 30.5 Å². The summed E-state index contributed by atoms with van der Waals surface area (Å²) in [7, 11) is 0. The fourth-order valence-electron chi connectivity index (χ4n) is 3.25. The number of likely N-dealkylation sites (tertiary alicyclic amines) is 1. The van der Waals surface area contributed by atoms with Gasteiger partial charge in [0.05, 0.1) is 5.92 Å². The average Bonchev–Trinajstić information content (AvgIpc) is 3.15. The van der Waals surface area contributed by atoms with Crippen LogP contribution in [0.1, 0.15) is 42.2 Å². The van der Waals surface area contributed by atoms with Crippen LogP contribution in [0, 0.1) is 5.92 Å². The van der Waals surface area contributed by atoms with Crippen LogP contribution in [0.4, 0.5) is 5.13 Å². The number of amides is 2. The number of hydrogen-bond acceptors (Lipinski definition) is 5. The molecular formula is C18H19ClN4O2S. The van der Waals surface area contributed by atoms with E-state index in [1.54, 1.807) is 11.0 Å². The van der Waals surface area contributed by atoms with Crippen LogP contribution < -0.4 is 5.32 Å². The van der Waals surface area contributed by atoms with Gasteiger partial charge in [0.2, 0.25) is 16.9 Å². The highest BCUT2D eigenvalue weighted by molar-refractivity contribution is 7.15. The zero-order valence-electron chi connectivity index (χ0n) is 14.2. The third-order valence-corrected chi connectivity index (χ3v) is 6.40. The molecule has 2 amide bonds. The van der Waals surface area contributed by atoms with Gasteiger partial charge in [-0.25, -0.2) is 0 Å². The maximum absolute atomic E-state index is 12.5. The van der Waals surface area contributed by atoms with Crippen molar-refractivity contribution in [1.29, 1.82) is 0 Å². The van der Waals surface area contributed by atoms with Crippen molar-refractivity contribution >= 4 is 39.9 Å². The fourth-order valence-corrected chi connectivity index (χ4v) is 4.36. The van der Waals surface area contributed by atoms with Crippen LogP contribution in [-0.2, 0) is 16.1 Å². The number of carbonyl (C=O) groups is 2. The summed E-state index contributed by atoms with van der Waals surface area (Å²) in [5.74, 6) is -0.0767. The lowest BCUT2D eigenvalue weighted by molar-refractivity contribution is -0.128. The molecule has 1 aromatic carbocycles. The van der Waals surface area contributed by atoms with Crippen molar-refractivity contribution in [2.45, 2.75) is 38.1 Å². The molecule has 0 bridgehead atoms. The van der Waals surface area contributed by atoms with Crippen LogP contribution in [0.2, 0.25) is 5.02 Å². The minimum absolute atomic E-state index is 0.0301. The van der Waals surface area contributed by atoms with E-state index < -0.39 is 0 Å². The molecule has 26 heavy (non-hydrogen) atoms. The third kappa shape index (κ3) is 3.59. The number of aromatic nitrogens is 2. The monoisotopic (exact) mass is 390 g/mol. The number of anilines is 1. The van der Waals surface area contributed by atoms with Crippen LogP contribution >= 0.6 is 22.9 Å². The molecule has 4 rings (SSSR count). The van der Waals surface area contributed by atoms with Crippen molar-refractivity contribution in [2.24, 2.45) is 5.92 Å². The minimum atomic E-state index is -0.374. The second-order valence-electron chi connectivity index (χ2n) is 6.83. The van der Waals surface area contributed by atoms with Crippen molar-refractivity contribution in [3.8, 4) is 0 Å². The predicted molar refractivity (Wildman–Crippen MR) is 100 cm³/mol. The molecule has 1 saturated heterocycles. The molecule has 0 radical (unpaired) electrons. The van der Waals surface area contributed by atoms with Gasteiger partial charge < -0.3 is 10.2 Å². The molecule has 0 unspecified atom stereocenters.